The van der Waals surface area contributed by atoms with Gasteiger partial charge in [0.15, 0.2) is 0 Å². The molecule has 0 heterocycles. The lowest BCUT2D eigenvalue weighted by atomic mass is 10.1. The molecule has 0 aromatic rings. The van der Waals surface area contributed by atoms with Crippen molar-refractivity contribution in [1.82, 2.24) is 4.90 Å². The van der Waals surface area contributed by atoms with Crippen molar-refractivity contribution in [3.8, 4) is 0 Å². The third kappa shape index (κ3) is 40.7. The van der Waals surface area contributed by atoms with E-state index < -0.39 is 10.1 Å². The Bertz CT molecular complexity index is 394. The van der Waals surface area contributed by atoms with E-state index >= 15 is 0 Å². The van der Waals surface area contributed by atoms with Crippen molar-refractivity contribution < 1.29 is 13.0 Å². The van der Waals surface area contributed by atoms with Crippen LogP contribution >= 0.6 is 0 Å². The minimum Gasteiger partial charge on any atom is -0.306 e. The monoisotopic (exact) mass is 463 g/mol. The van der Waals surface area contributed by atoms with Crippen LogP contribution in [0.3, 0.4) is 0 Å². The van der Waals surface area contributed by atoms with Gasteiger partial charge in [-0.3, -0.25) is 4.55 Å². The van der Waals surface area contributed by atoms with Gasteiger partial charge in [-0.1, -0.05) is 129 Å². The molecule has 0 aliphatic heterocycles. The lowest BCUT2D eigenvalue weighted by Crippen LogP contribution is -2.20. The summed E-state index contributed by atoms with van der Waals surface area (Å²) in [4.78, 5) is 2.56. The van der Waals surface area contributed by atoms with Crippen molar-refractivity contribution >= 4 is 10.1 Å². The van der Waals surface area contributed by atoms with Gasteiger partial charge in [0.25, 0.3) is 10.1 Å². The molecule has 0 aromatic carbocycles. The normalized spacial score (nSPS) is 11.5. The van der Waals surface area contributed by atoms with E-state index in [0.29, 0.717) is 6.26 Å². The van der Waals surface area contributed by atoms with Crippen molar-refractivity contribution in [2.24, 2.45) is 0 Å². The summed E-state index contributed by atoms with van der Waals surface area (Å²) in [5.41, 5.74) is 0. The highest BCUT2D eigenvalue weighted by atomic mass is 32.2. The van der Waals surface area contributed by atoms with Gasteiger partial charge in [0, 0.05) is 0 Å². The maximum absolute atomic E-state index is 9.19. The average Bonchev–Trinajstić information content (AvgIpc) is 2.69. The summed E-state index contributed by atoms with van der Waals surface area (Å²) < 4.78 is 25.9. The molecule has 0 aliphatic carbocycles. The predicted molar refractivity (Wildman–Crippen MR) is 139 cm³/mol. The number of nitrogens with zero attached hydrogens (tertiary/aromatic N) is 1. The van der Waals surface area contributed by atoms with Crippen molar-refractivity contribution in [3.05, 3.63) is 0 Å². The van der Waals surface area contributed by atoms with Gasteiger partial charge in [0.05, 0.1) is 6.26 Å². The Hall–Kier alpha value is -0.130. The number of unbranched alkanes of at least 4 members (excludes halogenated alkanes) is 18. The third-order valence-corrected chi connectivity index (χ3v) is 5.79. The Morgan fingerprint density at radius 2 is 0.710 bits per heavy atom. The van der Waals surface area contributed by atoms with Crippen LogP contribution in [-0.4, -0.2) is 44.3 Å². The standard InChI is InChI=1S/C25H53N.CH4O3S/c1-4-6-8-10-12-14-16-18-20-22-24-26(3)25-23-21-19-17-15-13-11-9-7-5-2;1-5(2,3)4/h4-25H2,1-3H3;1H3,(H,2,3,4). The Labute approximate surface area is 196 Å². The Kier molecular flexibility index (Phi) is 27.8. The Morgan fingerprint density at radius 3 is 0.935 bits per heavy atom. The molecule has 0 amide bonds. The Morgan fingerprint density at radius 1 is 0.516 bits per heavy atom. The van der Waals surface area contributed by atoms with Crippen LogP contribution in [-0.2, 0) is 10.1 Å². The summed E-state index contributed by atoms with van der Waals surface area (Å²) in [5, 5.41) is 0. The van der Waals surface area contributed by atoms with Crippen molar-refractivity contribution in [3.63, 3.8) is 0 Å². The van der Waals surface area contributed by atoms with Gasteiger partial charge in [0.1, 0.15) is 0 Å². The summed E-state index contributed by atoms with van der Waals surface area (Å²) in [6, 6.07) is 0. The highest BCUT2D eigenvalue weighted by molar-refractivity contribution is 7.85. The van der Waals surface area contributed by atoms with Gasteiger partial charge in [0.2, 0.25) is 0 Å². The van der Waals surface area contributed by atoms with E-state index in [1.807, 2.05) is 0 Å². The molecule has 0 radical (unpaired) electrons. The van der Waals surface area contributed by atoms with E-state index in [0.717, 1.165) is 0 Å². The van der Waals surface area contributed by atoms with Crippen LogP contribution in [0.25, 0.3) is 0 Å². The molecule has 0 bridgehead atoms. The zero-order chi connectivity index (χ0) is 23.6. The topological polar surface area (TPSA) is 57.6 Å². The van der Waals surface area contributed by atoms with Crippen LogP contribution in [0.2, 0.25) is 0 Å². The summed E-state index contributed by atoms with van der Waals surface area (Å²) in [6.07, 6.45) is 29.6. The Balaban J connectivity index is 0. The second-order valence-electron chi connectivity index (χ2n) is 9.40. The van der Waals surface area contributed by atoms with Crippen LogP contribution in [0.5, 0.6) is 0 Å². The average molecular weight is 464 g/mol. The molecule has 5 heteroatoms. The molecule has 0 spiro atoms. The fourth-order valence-electron chi connectivity index (χ4n) is 3.85. The lowest BCUT2D eigenvalue weighted by Gasteiger charge is -2.16. The van der Waals surface area contributed by atoms with Crippen molar-refractivity contribution in [2.75, 3.05) is 26.4 Å². The number of hydrogen-bond donors (Lipinski definition) is 1. The summed E-state index contributed by atoms with van der Waals surface area (Å²) >= 11 is 0. The smallest absolute Gasteiger partial charge is 0.261 e. The maximum atomic E-state index is 9.19. The van der Waals surface area contributed by atoms with Gasteiger partial charge in [-0.2, -0.15) is 8.42 Å². The second-order valence-corrected chi connectivity index (χ2v) is 10.9. The first-order chi connectivity index (χ1) is 14.8. The lowest BCUT2D eigenvalue weighted by molar-refractivity contribution is 0.314. The van der Waals surface area contributed by atoms with Gasteiger partial charge >= 0.3 is 0 Å². The second kappa shape index (κ2) is 26.1. The SMILES string of the molecule is CCCCCCCCCCCCN(C)CCCCCCCCCCCC.CS(=O)(=O)O. The van der Waals surface area contributed by atoms with Gasteiger partial charge < -0.3 is 4.90 Å². The van der Waals surface area contributed by atoms with Crippen molar-refractivity contribution in [1.29, 1.82) is 0 Å². The van der Waals surface area contributed by atoms with Crippen LogP contribution in [0.1, 0.15) is 142 Å². The summed E-state index contributed by atoms with van der Waals surface area (Å²) in [6.45, 7) is 7.23. The maximum Gasteiger partial charge on any atom is 0.261 e. The van der Waals surface area contributed by atoms with E-state index in [-0.39, 0.29) is 0 Å². The first-order valence-corrected chi connectivity index (χ1v) is 15.3. The molecule has 0 rings (SSSR count). The summed E-state index contributed by atoms with van der Waals surface area (Å²) in [5.74, 6) is 0. The molecular formula is C26H57NO3S. The van der Waals surface area contributed by atoms with E-state index in [1.165, 1.54) is 142 Å². The van der Waals surface area contributed by atoms with Gasteiger partial charge in [-0.15, -0.1) is 0 Å². The first kappa shape index (κ1) is 33.0. The minimum absolute atomic E-state index is 0.715. The molecule has 0 atom stereocenters. The molecule has 190 valence electrons. The minimum atomic E-state index is -3.67. The van der Waals surface area contributed by atoms with E-state index in [1.54, 1.807) is 0 Å². The zero-order valence-corrected chi connectivity index (χ0v) is 22.5. The van der Waals surface area contributed by atoms with Crippen molar-refractivity contribution in [2.45, 2.75) is 142 Å². The van der Waals surface area contributed by atoms with Gasteiger partial charge in [-0.05, 0) is 33.0 Å². The molecule has 0 aliphatic rings. The highest BCUT2D eigenvalue weighted by Crippen LogP contribution is 2.12. The van der Waals surface area contributed by atoms with E-state index in [9.17, 15) is 8.42 Å². The van der Waals surface area contributed by atoms with E-state index in [4.69, 9.17) is 4.55 Å². The molecule has 0 fully saturated rings. The zero-order valence-electron chi connectivity index (χ0n) is 21.7. The highest BCUT2D eigenvalue weighted by Gasteiger charge is 1.99. The molecule has 0 aromatic heterocycles. The molecule has 0 saturated heterocycles. The van der Waals surface area contributed by atoms with Crippen LogP contribution in [0.4, 0.5) is 0 Å². The molecule has 0 saturated carbocycles. The number of rotatable bonds is 22. The van der Waals surface area contributed by atoms with E-state index in [2.05, 4.69) is 25.8 Å². The van der Waals surface area contributed by atoms with Gasteiger partial charge in [-0.25, -0.2) is 0 Å². The first-order valence-electron chi connectivity index (χ1n) is 13.4. The van der Waals surface area contributed by atoms with Crippen LogP contribution < -0.4 is 0 Å². The number of hydrogen-bond acceptors (Lipinski definition) is 3. The fourth-order valence-corrected chi connectivity index (χ4v) is 3.85. The molecule has 31 heavy (non-hydrogen) atoms. The molecule has 4 nitrogen and oxygen atoms in total. The predicted octanol–water partition coefficient (Wildman–Crippen LogP) is 8.26. The molecule has 1 N–H and O–H groups in total. The quantitative estimate of drug-likeness (QED) is 0.130. The fraction of sp³-hybridized carbons (Fsp3) is 1.00. The molecule has 0 unspecified atom stereocenters. The van der Waals surface area contributed by atoms with Crippen LogP contribution in [0, 0.1) is 0 Å². The summed E-state index contributed by atoms with van der Waals surface area (Å²) in [7, 11) is -1.35. The van der Waals surface area contributed by atoms with Crippen LogP contribution in [0.15, 0.2) is 0 Å². The molecular weight excluding hydrogens is 406 g/mol. The third-order valence-electron chi connectivity index (χ3n) is 5.79. The largest absolute Gasteiger partial charge is 0.306 e.